The molecule has 3 aromatic carbocycles. The summed E-state index contributed by atoms with van der Waals surface area (Å²) in [4.78, 5) is 27.9. The average Bonchev–Trinajstić information content (AvgIpc) is 3.25. The summed E-state index contributed by atoms with van der Waals surface area (Å²) < 4.78 is 16.8. The molecule has 0 bridgehead atoms. The first kappa shape index (κ1) is 21.2. The largest absolute Gasteiger partial charge is 0.497 e. The van der Waals surface area contributed by atoms with Crippen LogP contribution < -0.4 is 19.8 Å². The van der Waals surface area contributed by atoms with E-state index in [4.69, 9.17) is 13.9 Å². The quantitative estimate of drug-likeness (QED) is 0.406. The van der Waals surface area contributed by atoms with Gasteiger partial charge in [-0.2, -0.15) is 0 Å². The zero-order valence-corrected chi connectivity index (χ0v) is 18.9. The van der Waals surface area contributed by atoms with E-state index in [1.165, 1.54) is 7.11 Å². The van der Waals surface area contributed by atoms with Gasteiger partial charge < -0.3 is 13.9 Å². The van der Waals surface area contributed by atoms with Gasteiger partial charge in [0.25, 0.3) is 0 Å². The minimum Gasteiger partial charge on any atom is -0.497 e. The number of fused-ring (bicyclic) bond motifs is 1. The van der Waals surface area contributed by atoms with E-state index >= 15 is 0 Å². The van der Waals surface area contributed by atoms with E-state index in [9.17, 15) is 9.59 Å². The van der Waals surface area contributed by atoms with Crippen molar-refractivity contribution in [2.24, 2.45) is 0 Å². The molecule has 1 aromatic heterocycles. The topological polar surface area (TPSA) is 69.0 Å². The Balaban J connectivity index is 1.60. The molecule has 4 aromatic rings. The van der Waals surface area contributed by atoms with Crippen molar-refractivity contribution in [2.75, 3.05) is 24.9 Å². The minimum atomic E-state index is -0.278. The van der Waals surface area contributed by atoms with Gasteiger partial charge in [-0.3, -0.25) is 14.5 Å². The molecule has 1 aliphatic heterocycles. The van der Waals surface area contributed by atoms with Crippen LogP contribution in [0.2, 0.25) is 0 Å². The van der Waals surface area contributed by atoms with Gasteiger partial charge in [0.1, 0.15) is 16.7 Å². The van der Waals surface area contributed by atoms with E-state index in [2.05, 4.69) is 0 Å². The monoisotopic (exact) mass is 459 g/mol. The molecule has 1 fully saturated rings. The number of nitrogens with zero attached hydrogens (tertiary/aromatic N) is 1. The van der Waals surface area contributed by atoms with E-state index in [0.29, 0.717) is 28.2 Å². The Bertz CT molecular complexity index is 1380. The van der Waals surface area contributed by atoms with Crippen LogP contribution in [0.15, 0.2) is 82.0 Å². The van der Waals surface area contributed by atoms with Crippen LogP contribution in [0.4, 0.5) is 5.69 Å². The van der Waals surface area contributed by atoms with Gasteiger partial charge in [0.2, 0.25) is 17.1 Å². The summed E-state index contributed by atoms with van der Waals surface area (Å²) in [5.41, 5.74) is 2.53. The van der Waals surface area contributed by atoms with Crippen molar-refractivity contribution >= 4 is 34.3 Å². The first-order valence-corrected chi connectivity index (χ1v) is 11.4. The van der Waals surface area contributed by atoms with E-state index in [1.54, 1.807) is 35.9 Å². The lowest BCUT2D eigenvalue weighted by molar-refractivity contribution is -0.115. The fourth-order valence-electron chi connectivity index (χ4n) is 4.00. The van der Waals surface area contributed by atoms with Crippen molar-refractivity contribution in [3.8, 4) is 22.8 Å². The number of carbonyl (C=O) groups is 1. The lowest BCUT2D eigenvalue weighted by Crippen LogP contribution is -2.27. The van der Waals surface area contributed by atoms with E-state index in [0.717, 1.165) is 16.9 Å². The second-order valence-electron chi connectivity index (χ2n) is 7.54. The molecule has 1 amide bonds. The molecule has 166 valence electrons. The predicted octanol–water partition coefficient (Wildman–Crippen LogP) is 5.26. The van der Waals surface area contributed by atoms with Gasteiger partial charge >= 0.3 is 0 Å². The Morgan fingerprint density at radius 1 is 0.939 bits per heavy atom. The highest BCUT2D eigenvalue weighted by atomic mass is 32.2. The molecule has 1 atom stereocenters. The molecule has 33 heavy (non-hydrogen) atoms. The number of carbonyl (C=O) groups excluding carboxylic acids is 1. The number of rotatable bonds is 5. The number of amides is 1. The molecular weight excluding hydrogens is 438 g/mol. The summed E-state index contributed by atoms with van der Waals surface area (Å²) in [7, 11) is 3.07. The third-order valence-corrected chi connectivity index (χ3v) is 6.83. The number of ether oxygens (including phenoxy) is 2. The van der Waals surface area contributed by atoms with E-state index < -0.39 is 0 Å². The maximum Gasteiger partial charge on any atom is 0.238 e. The molecule has 5 rings (SSSR count). The van der Waals surface area contributed by atoms with Crippen molar-refractivity contribution in [3.63, 3.8) is 0 Å². The molecule has 7 heteroatoms. The number of methoxy groups -OCH3 is 2. The molecule has 0 saturated carbocycles. The fourth-order valence-corrected chi connectivity index (χ4v) is 5.18. The van der Waals surface area contributed by atoms with Gasteiger partial charge in [-0.05, 0) is 35.9 Å². The van der Waals surface area contributed by atoms with Crippen LogP contribution in [-0.2, 0) is 4.79 Å². The molecule has 1 saturated heterocycles. The van der Waals surface area contributed by atoms with E-state index in [1.807, 2.05) is 60.7 Å². The average molecular weight is 460 g/mol. The van der Waals surface area contributed by atoms with Crippen LogP contribution in [-0.4, -0.2) is 25.9 Å². The summed E-state index contributed by atoms with van der Waals surface area (Å²) in [5.74, 6) is 1.62. The molecule has 6 nitrogen and oxygen atoms in total. The highest BCUT2D eigenvalue weighted by Crippen LogP contribution is 2.43. The van der Waals surface area contributed by atoms with Crippen LogP contribution >= 0.6 is 11.8 Å². The van der Waals surface area contributed by atoms with Crippen LogP contribution in [0, 0.1) is 0 Å². The first-order chi connectivity index (χ1) is 16.1. The highest BCUT2D eigenvalue weighted by Gasteiger charge is 2.34. The maximum atomic E-state index is 13.3. The second-order valence-corrected chi connectivity index (χ2v) is 8.61. The molecule has 1 aliphatic rings. The van der Waals surface area contributed by atoms with Gasteiger partial charge in [-0.25, -0.2) is 0 Å². The smallest absolute Gasteiger partial charge is 0.238 e. The van der Waals surface area contributed by atoms with Crippen LogP contribution in [0.5, 0.6) is 11.5 Å². The summed E-state index contributed by atoms with van der Waals surface area (Å²) in [6.45, 7) is 0. The third-order valence-electron chi connectivity index (χ3n) is 5.62. The highest BCUT2D eigenvalue weighted by molar-refractivity contribution is 8.00. The number of thioether (sulfide) groups is 1. The maximum absolute atomic E-state index is 13.3. The van der Waals surface area contributed by atoms with Crippen LogP contribution in [0.1, 0.15) is 10.9 Å². The Morgan fingerprint density at radius 3 is 2.39 bits per heavy atom. The molecule has 1 unspecified atom stereocenters. The molecular formula is C26H21NO5S. The number of hydrogen-bond donors (Lipinski definition) is 0. The Morgan fingerprint density at radius 2 is 1.70 bits per heavy atom. The molecule has 2 heterocycles. The summed E-state index contributed by atoms with van der Waals surface area (Å²) in [5, 5.41) is 0.167. The SMILES string of the molecule is COc1ccc(C2SCC(=O)N2c2ccc3oc(-c4ccccc4)c(OC)c(=O)c3c2)cc1. The zero-order chi connectivity index (χ0) is 22.9. The summed E-state index contributed by atoms with van der Waals surface area (Å²) in [6, 6.07) is 22.3. The Labute approximate surface area is 194 Å². The second kappa shape index (κ2) is 8.67. The number of anilines is 1. The molecule has 0 radical (unpaired) electrons. The minimum absolute atomic E-state index is 0.0163. The van der Waals surface area contributed by atoms with Crippen molar-refractivity contribution in [1.82, 2.24) is 0 Å². The Hall–Kier alpha value is -3.71. The van der Waals surface area contributed by atoms with Crippen molar-refractivity contribution in [3.05, 3.63) is 88.6 Å². The number of benzene rings is 3. The van der Waals surface area contributed by atoms with Gasteiger partial charge in [-0.1, -0.05) is 42.5 Å². The normalized spacial score (nSPS) is 15.8. The van der Waals surface area contributed by atoms with Crippen LogP contribution in [0.3, 0.4) is 0 Å². The first-order valence-electron chi connectivity index (χ1n) is 10.4. The summed E-state index contributed by atoms with van der Waals surface area (Å²) in [6.07, 6.45) is 0. The van der Waals surface area contributed by atoms with Crippen molar-refractivity contribution in [1.29, 1.82) is 0 Å². The lowest BCUT2D eigenvalue weighted by atomic mass is 10.1. The predicted molar refractivity (Wildman–Crippen MR) is 130 cm³/mol. The third kappa shape index (κ3) is 3.74. The van der Waals surface area contributed by atoms with Gasteiger partial charge in [0.05, 0.1) is 25.4 Å². The lowest BCUT2D eigenvalue weighted by Gasteiger charge is -2.24. The van der Waals surface area contributed by atoms with Crippen molar-refractivity contribution in [2.45, 2.75) is 5.37 Å². The van der Waals surface area contributed by atoms with Crippen LogP contribution in [0.25, 0.3) is 22.3 Å². The van der Waals surface area contributed by atoms with Crippen molar-refractivity contribution < 1.29 is 18.7 Å². The summed E-state index contributed by atoms with van der Waals surface area (Å²) >= 11 is 1.55. The molecule has 0 spiro atoms. The van der Waals surface area contributed by atoms with Gasteiger partial charge in [0, 0.05) is 11.3 Å². The standard InChI is InChI=1S/C26H21NO5S/c1-30-19-11-8-17(9-12-19)26-27(22(28)15-33-26)18-10-13-21-20(14-18)23(29)25(31-2)24(32-21)16-6-4-3-5-7-16/h3-14,26H,15H2,1-2H3. The molecule has 0 N–H and O–H groups in total. The zero-order valence-electron chi connectivity index (χ0n) is 18.1. The number of hydrogen-bond acceptors (Lipinski definition) is 6. The van der Waals surface area contributed by atoms with Gasteiger partial charge in [-0.15, -0.1) is 11.8 Å². The van der Waals surface area contributed by atoms with E-state index in [-0.39, 0.29) is 22.5 Å². The fraction of sp³-hybridized carbons (Fsp3) is 0.154. The molecule has 0 aliphatic carbocycles. The Kier molecular flexibility index (Phi) is 5.56. The van der Waals surface area contributed by atoms with Gasteiger partial charge in [0.15, 0.2) is 5.76 Å².